The first-order chi connectivity index (χ1) is 15.9. The Morgan fingerprint density at radius 1 is 0.971 bits per heavy atom. The van der Waals surface area contributed by atoms with Gasteiger partial charge in [-0.25, -0.2) is 24.3 Å². The van der Waals surface area contributed by atoms with Crippen LogP contribution in [0, 0.1) is 5.41 Å². The van der Waals surface area contributed by atoms with Gasteiger partial charge in [-0.3, -0.25) is 0 Å². The first-order valence-corrected chi connectivity index (χ1v) is 12.0. The molecule has 0 atom stereocenters. The number of methoxy groups -OCH3 is 1. The molecule has 1 aromatic rings. The number of unbranched alkanes of at least 4 members (excludes halogenated alkanes) is 1. The number of carbonyl (C=O) groups is 3. The van der Waals surface area contributed by atoms with E-state index in [1.807, 2.05) is 10.8 Å². The summed E-state index contributed by atoms with van der Waals surface area (Å²) >= 11 is 0. The van der Waals surface area contributed by atoms with E-state index in [2.05, 4.69) is 25.8 Å². The second-order valence-corrected chi connectivity index (χ2v) is 11.7. The van der Waals surface area contributed by atoms with E-state index in [9.17, 15) is 14.4 Å². The average molecular weight is 494 g/mol. The van der Waals surface area contributed by atoms with Crippen LogP contribution in [0.4, 0.5) is 9.59 Å². The van der Waals surface area contributed by atoms with Gasteiger partial charge in [-0.2, -0.15) is 0 Å². The van der Waals surface area contributed by atoms with Gasteiger partial charge in [0.25, 0.3) is 0 Å². The Bertz CT molecular complexity index is 869. The van der Waals surface area contributed by atoms with Gasteiger partial charge in [0.1, 0.15) is 11.2 Å². The normalized spacial score (nSPS) is 12.8. The number of hydrogen-bond acceptors (Lipinski definition) is 7. The Balaban J connectivity index is 2.95. The monoisotopic (exact) mass is 493 g/mol. The fourth-order valence-electron chi connectivity index (χ4n) is 2.88. The van der Waals surface area contributed by atoms with E-state index in [-0.39, 0.29) is 12.0 Å². The molecule has 0 aliphatic rings. The highest BCUT2D eigenvalue weighted by molar-refractivity contribution is 6.15. The van der Waals surface area contributed by atoms with E-state index in [0.29, 0.717) is 24.1 Å². The van der Waals surface area contributed by atoms with E-state index in [4.69, 9.17) is 14.2 Å². The van der Waals surface area contributed by atoms with E-state index in [0.717, 1.165) is 17.9 Å². The second kappa shape index (κ2) is 12.2. The smallest absolute Gasteiger partial charge is 0.419 e. The van der Waals surface area contributed by atoms with Crippen LogP contribution in [0.15, 0.2) is 18.6 Å². The molecule has 1 rings (SSSR count). The van der Waals surface area contributed by atoms with Crippen molar-refractivity contribution in [3.8, 4) is 0 Å². The molecular formula is C26H43N3O6. The number of rotatable bonds is 8. The molecule has 0 N–H and O–H groups in total. The molecule has 0 aromatic carbocycles. The number of aryl methyl sites for hydroxylation is 1. The number of aromatic nitrogens is 2. The van der Waals surface area contributed by atoms with Gasteiger partial charge in [-0.15, -0.1) is 0 Å². The van der Waals surface area contributed by atoms with Crippen LogP contribution >= 0.6 is 0 Å². The highest BCUT2D eigenvalue weighted by Crippen LogP contribution is 2.21. The molecule has 1 aromatic heterocycles. The summed E-state index contributed by atoms with van der Waals surface area (Å²) in [5.74, 6) is -0.498. The predicted molar refractivity (Wildman–Crippen MR) is 135 cm³/mol. The van der Waals surface area contributed by atoms with Crippen LogP contribution in [-0.2, 0) is 25.5 Å². The standard InChI is InChI=1S/C26H43N3O6/c1-24(2,3)14-16-28-17-20(27-18-28)19(21(30)33-10)13-11-12-15-29(22(31)34-25(4,5)6)23(32)35-26(7,8)9/h13,17-18H,11-12,14-16H2,1-10H3. The van der Waals surface area contributed by atoms with Crippen molar-refractivity contribution >= 4 is 23.7 Å². The van der Waals surface area contributed by atoms with Crippen LogP contribution in [-0.4, -0.2) is 57.5 Å². The van der Waals surface area contributed by atoms with Gasteiger partial charge >= 0.3 is 18.2 Å². The Hall–Kier alpha value is -2.84. The van der Waals surface area contributed by atoms with E-state index in [1.165, 1.54) is 7.11 Å². The number of amides is 2. The molecule has 35 heavy (non-hydrogen) atoms. The molecule has 198 valence electrons. The summed E-state index contributed by atoms with van der Waals surface area (Å²) in [4.78, 5) is 43.0. The SMILES string of the molecule is COC(=O)C(=CCCCN(C(=O)OC(C)(C)C)C(=O)OC(C)(C)C)c1cn(CCC(C)(C)C)cn1. The molecular weight excluding hydrogens is 450 g/mol. The van der Waals surface area contributed by atoms with Gasteiger partial charge in [0.15, 0.2) is 0 Å². The van der Waals surface area contributed by atoms with Crippen LogP contribution in [0.1, 0.15) is 87.3 Å². The Kier molecular flexibility index (Phi) is 10.5. The third-order valence-corrected chi connectivity index (χ3v) is 4.60. The molecule has 0 saturated carbocycles. The van der Waals surface area contributed by atoms with Crippen LogP contribution < -0.4 is 0 Å². The van der Waals surface area contributed by atoms with E-state index >= 15 is 0 Å². The van der Waals surface area contributed by atoms with Crippen molar-refractivity contribution in [3.05, 3.63) is 24.3 Å². The molecule has 0 aliphatic carbocycles. The number of carbonyl (C=O) groups excluding carboxylic acids is 3. The fourth-order valence-corrected chi connectivity index (χ4v) is 2.88. The predicted octanol–water partition coefficient (Wildman–Crippen LogP) is 5.83. The molecule has 0 spiro atoms. The molecule has 9 heteroatoms. The third-order valence-electron chi connectivity index (χ3n) is 4.60. The summed E-state index contributed by atoms with van der Waals surface area (Å²) in [7, 11) is 1.32. The molecule has 0 saturated heterocycles. The van der Waals surface area contributed by atoms with E-state index in [1.54, 1.807) is 53.9 Å². The molecule has 2 amide bonds. The summed E-state index contributed by atoms with van der Waals surface area (Å²) in [6.07, 6.45) is 5.44. The Labute approximate surface area is 209 Å². The Morgan fingerprint density at radius 2 is 1.51 bits per heavy atom. The lowest BCUT2D eigenvalue weighted by molar-refractivity contribution is -0.133. The first-order valence-electron chi connectivity index (χ1n) is 12.0. The van der Waals surface area contributed by atoms with Crippen molar-refractivity contribution in [2.75, 3.05) is 13.7 Å². The van der Waals surface area contributed by atoms with Crippen LogP contribution in [0.3, 0.4) is 0 Å². The van der Waals surface area contributed by atoms with Crippen molar-refractivity contribution in [1.82, 2.24) is 14.5 Å². The van der Waals surface area contributed by atoms with Crippen molar-refractivity contribution in [2.45, 2.75) is 99.3 Å². The molecule has 0 unspecified atom stereocenters. The lowest BCUT2D eigenvalue weighted by Crippen LogP contribution is -2.44. The third kappa shape index (κ3) is 11.9. The van der Waals surface area contributed by atoms with Crippen molar-refractivity contribution < 1.29 is 28.6 Å². The maximum atomic E-state index is 12.6. The quantitative estimate of drug-likeness (QED) is 0.194. The topological polar surface area (TPSA) is 100.0 Å². The number of imidazole rings is 1. The van der Waals surface area contributed by atoms with Gasteiger partial charge in [0, 0.05) is 19.3 Å². The maximum Gasteiger partial charge on any atom is 0.419 e. The first kappa shape index (κ1) is 30.2. The van der Waals surface area contributed by atoms with Crippen molar-refractivity contribution in [3.63, 3.8) is 0 Å². The number of ether oxygens (including phenoxy) is 3. The highest BCUT2D eigenvalue weighted by atomic mass is 16.6. The van der Waals surface area contributed by atoms with Gasteiger partial charge in [-0.05, 0) is 66.2 Å². The van der Waals surface area contributed by atoms with Gasteiger partial charge in [0.2, 0.25) is 0 Å². The lowest BCUT2D eigenvalue weighted by atomic mass is 9.92. The fraction of sp³-hybridized carbons (Fsp3) is 0.692. The number of allylic oxidation sites excluding steroid dienone is 1. The molecule has 9 nitrogen and oxygen atoms in total. The van der Waals surface area contributed by atoms with Gasteiger partial charge < -0.3 is 18.8 Å². The summed E-state index contributed by atoms with van der Waals surface area (Å²) in [5.41, 5.74) is -0.494. The molecule has 0 fully saturated rings. The summed E-state index contributed by atoms with van der Waals surface area (Å²) in [6, 6.07) is 0. The molecule has 0 bridgehead atoms. The number of imide groups is 1. The number of hydrogen-bond donors (Lipinski definition) is 0. The van der Waals surface area contributed by atoms with Gasteiger partial charge in [0.05, 0.1) is 24.7 Å². The number of esters is 1. The second-order valence-electron chi connectivity index (χ2n) is 11.7. The minimum atomic E-state index is -0.776. The Morgan fingerprint density at radius 3 is 1.97 bits per heavy atom. The van der Waals surface area contributed by atoms with Crippen molar-refractivity contribution in [1.29, 1.82) is 0 Å². The zero-order valence-electron chi connectivity index (χ0n) is 23.1. The lowest BCUT2D eigenvalue weighted by Gasteiger charge is -2.28. The summed E-state index contributed by atoms with van der Waals surface area (Å²) < 4.78 is 17.6. The molecule has 0 aliphatic heterocycles. The largest absolute Gasteiger partial charge is 0.465 e. The summed E-state index contributed by atoms with van der Waals surface area (Å²) in [5, 5.41) is 0. The molecule has 0 radical (unpaired) electrons. The maximum absolute atomic E-state index is 12.6. The number of nitrogens with zero attached hydrogens (tertiary/aromatic N) is 3. The molecule has 1 heterocycles. The highest BCUT2D eigenvalue weighted by Gasteiger charge is 2.30. The van der Waals surface area contributed by atoms with Crippen LogP contribution in [0.5, 0.6) is 0 Å². The minimum absolute atomic E-state index is 0.0643. The van der Waals surface area contributed by atoms with Crippen LogP contribution in [0.2, 0.25) is 0 Å². The van der Waals surface area contributed by atoms with Crippen LogP contribution in [0.25, 0.3) is 5.57 Å². The zero-order chi connectivity index (χ0) is 27.0. The summed E-state index contributed by atoms with van der Waals surface area (Å²) in [6.45, 7) is 17.7. The van der Waals surface area contributed by atoms with Crippen molar-refractivity contribution in [2.24, 2.45) is 5.41 Å². The minimum Gasteiger partial charge on any atom is -0.465 e. The zero-order valence-corrected chi connectivity index (χ0v) is 23.1. The van der Waals surface area contributed by atoms with E-state index < -0.39 is 29.4 Å². The van der Waals surface area contributed by atoms with Gasteiger partial charge in [-0.1, -0.05) is 26.8 Å². The average Bonchev–Trinajstić information content (AvgIpc) is 3.13.